The van der Waals surface area contributed by atoms with Gasteiger partial charge in [-0.25, -0.2) is 0 Å². The number of benzene rings is 1. The summed E-state index contributed by atoms with van der Waals surface area (Å²) in [7, 11) is 0. The molecule has 1 nitrogen and oxygen atoms in total. The van der Waals surface area contributed by atoms with Crippen LogP contribution in [0.15, 0.2) is 30.3 Å². The monoisotopic (exact) mass is 280 g/mol. The number of hydrogen-bond acceptors (Lipinski definition) is 1. The van der Waals surface area contributed by atoms with Crippen LogP contribution in [-0.2, 0) is 39.3 Å². The Balaban J connectivity index is 0. The molecule has 0 fully saturated rings. The molecule has 0 amide bonds. The average molecular weight is 280 g/mol. The maximum absolute atomic E-state index is 5.35. The minimum absolute atomic E-state index is 0. The third kappa shape index (κ3) is 10.6. The fourth-order valence-electron chi connectivity index (χ4n) is 0.758. The van der Waals surface area contributed by atoms with Gasteiger partial charge in [-0.15, -0.1) is 0 Å². The molecule has 0 aliphatic heterocycles. The van der Waals surface area contributed by atoms with Crippen molar-refractivity contribution >= 4 is 0 Å². The van der Waals surface area contributed by atoms with E-state index >= 15 is 0 Å². The van der Waals surface area contributed by atoms with Gasteiger partial charge in [-0.2, -0.15) is 12.8 Å². The van der Waals surface area contributed by atoms with Crippen LogP contribution in [0.5, 0.6) is 0 Å². The van der Waals surface area contributed by atoms with Crippen molar-refractivity contribution in [3.05, 3.63) is 49.7 Å². The fraction of sp³-hybridized carbons (Fsp3) is 0.385. The van der Waals surface area contributed by atoms with Gasteiger partial charge in [-0.05, 0) is 5.56 Å². The average Bonchev–Trinajstić information content (AvgIpc) is 2.30. The van der Waals surface area contributed by atoms with Crippen LogP contribution >= 0.6 is 0 Å². The van der Waals surface area contributed by atoms with Crippen LogP contribution < -0.4 is 5.73 Å². The van der Waals surface area contributed by atoms with Gasteiger partial charge in [0.1, 0.15) is 0 Å². The molecule has 0 unspecified atom stereocenters. The van der Waals surface area contributed by atoms with E-state index in [0.29, 0.717) is 12.5 Å². The van der Waals surface area contributed by atoms with Crippen LogP contribution in [0.3, 0.4) is 0 Å². The predicted molar refractivity (Wildman–Crippen MR) is 63.4 cm³/mol. The number of hydrogen-bond donors (Lipinski definition) is 1. The van der Waals surface area contributed by atoms with E-state index in [1.54, 1.807) is 0 Å². The second-order valence-corrected chi connectivity index (χ2v) is 3.37. The number of rotatable bonds is 3. The molecule has 1 aromatic carbocycles. The van der Waals surface area contributed by atoms with Crippen molar-refractivity contribution in [2.24, 2.45) is 11.7 Å². The molecule has 1 rings (SSSR count). The largest absolute Gasteiger partial charge is 0.343 e. The van der Waals surface area contributed by atoms with Gasteiger partial charge in [0, 0.05) is 39.3 Å². The first kappa shape index (κ1) is 17.7. The van der Waals surface area contributed by atoms with Gasteiger partial charge in [0.05, 0.1) is 0 Å². The maximum atomic E-state index is 5.35. The Morgan fingerprint density at radius 1 is 1.13 bits per heavy atom. The van der Waals surface area contributed by atoms with Crippen LogP contribution in [0.4, 0.5) is 0 Å². The molecule has 0 aliphatic carbocycles. The quantitative estimate of drug-likeness (QED) is 0.845. The van der Waals surface area contributed by atoms with Crippen molar-refractivity contribution < 1.29 is 32.7 Å². The van der Waals surface area contributed by atoms with Gasteiger partial charge in [0.2, 0.25) is 0 Å². The Hall–Kier alpha value is 0.284. The zero-order valence-corrected chi connectivity index (χ0v) is 12.5. The summed E-state index contributed by atoms with van der Waals surface area (Å²) in [6, 6.07) is 9.99. The molecule has 0 saturated heterocycles. The van der Waals surface area contributed by atoms with E-state index in [1.807, 2.05) is 30.3 Å². The van der Waals surface area contributed by atoms with Gasteiger partial charge in [0.25, 0.3) is 0 Å². The summed E-state index contributed by atoms with van der Waals surface area (Å²) in [5.74, 6) is 0.713. The third-order valence-corrected chi connectivity index (χ3v) is 2.06. The molecule has 0 aromatic heterocycles. The van der Waals surface area contributed by atoms with E-state index in [0.717, 1.165) is 12.8 Å². The van der Waals surface area contributed by atoms with Gasteiger partial charge in [-0.1, -0.05) is 43.2 Å². The summed E-state index contributed by atoms with van der Waals surface area (Å²) in [6.07, 6.45) is 2.03. The number of nitrogens with two attached hydrogens (primary N) is 1. The molecule has 2 heteroatoms. The van der Waals surface area contributed by atoms with E-state index < -0.39 is 0 Å². The van der Waals surface area contributed by atoms with Crippen molar-refractivity contribution in [2.45, 2.75) is 26.3 Å². The first-order valence-electron chi connectivity index (χ1n) is 5.07. The molecule has 0 bridgehead atoms. The van der Waals surface area contributed by atoms with Gasteiger partial charge >= 0.3 is 0 Å². The Morgan fingerprint density at radius 3 is 1.80 bits per heavy atom. The molecular formula is C13H21NY-2. The fourth-order valence-corrected chi connectivity index (χ4v) is 0.758. The Morgan fingerprint density at radius 2 is 1.60 bits per heavy atom. The molecule has 1 aromatic rings. The summed E-state index contributed by atoms with van der Waals surface area (Å²) >= 11 is 0. The zero-order valence-electron chi connectivity index (χ0n) is 9.65. The first-order chi connectivity index (χ1) is 6.74. The molecule has 15 heavy (non-hydrogen) atoms. The van der Waals surface area contributed by atoms with Crippen molar-refractivity contribution in [2.75, 3.05) is 0 Å². The summed E-state index contributed by atoms with van der Waals surface area (Å²) in [5.41, 5.74) is 6.54. The third-order valence-electron chi connectivity index (χ3n) is 2.06. The maximum Gasteiger partial charge on any atom is 0.0178 e. The van der Waals surface area contributed by atoms with Crippen molar-refractivity contribution in [3.8, 4) is 0 Å². The smallest absolute Gasteiger partial charge is 0.0178 e. The van der Waals surface area contributed by atoms with Crippen LogP contribution in [0, 0.1) is 19.8 Å². The van der Waals surface area contributed by atoms with Crippen LogP contribution in [-0.4, -0.2) is 0 Å². The normalized spacial score (nSPS) is 8.87. The van der Waals surface area contributed by atoms with Crippen LogP contribution in [0.1, 0.15) is 25.3 Å². The molecule has 1 radical (unpaired) electrons. The van der Waals surface area contributed by atoms with E-state index in [4.69, 9.17) is 5.73 Å². The van der Waals surface area contributed by atoms with E-state index in [1.165, 1.54) is 5.56 Å². The Kier molecular flexibility index (Phi) is 14.6. The van der Waals surface area contributed by atoms with Gasteiger partial charge < -0.3 is 19.6 Å². The second kappa shape index (κ2) is 12.4. The van der Waals surface area contributed by atoms with E-state index in [9.17, 15) is 0 Å². The minimum atomic E-state index is 0. The van der Waals surface area contributed by atoms with E-state index in [2.05, 4.69) is 20.8 Å². The summed E-state index contributed by atoms with van der Waals surface area (Å²) in [5, 5.41) is 0. The van der Waals surface area contributed by atoms with Crippen molar-refractivity contribution in [3.63, 3.8) is 0 Å². The Bertz CT molecular complexity index is 207. The molecule has 2 N–H and O–H groups in total. The van der Waals surface area contributed by atoms with Gasteiger partial charge in [0.15, 0.2) is 0 Å². The molecule has 0 aliphatic rings. The minimum Gasteiger partial charge on any atom is -0.343 e. The standard InChI is InChI=1S/C7H9N.C6H12.Y/c8-6-7-4-2-1-3-5-7;1-4-6(3)5-2;/h1-5H,6,8H2;6H,1-2,4-5H2,3H3;/q;-2;. The van der Waals surface area contributed by atoms with Crippen molar-refractivity contribution in [1.82, 2.24) is 0 Å². The molecular weight excluding hydrogens is 259 g/mol. The zero-order chi connectivity index (χ0) is 10.8. The second-order valence-electron chi connectivity index (χ2n) is 3.37. The van der Waals surface area contributed by atoms with Crippen LogP contribution in [0.2, 0.25) is 0 Å². The molecule has 0 spiro atoms. The first-order valence-corrected chi connectivity index (χ1v) is 5.07. The topological polar surface area (TPSA) is 26.0 Å². The molecule has 0 saturated carbocycles. The van der Waals surface area contributed by atoms with Gasteiger partial charge in [-0.3, -0.25) is 0 Å². The molecule has 0 atom stereocenters. The molecule has 0 heterocycles. The molecule has 83 valence electrons. The summed E-state index contributed by atoms with van der Waals surface area (Å²) in [6.45, 7) is 10.2. The van der Waals surface area contributed by atoms with Crippen molar-refractivity contribution in [1.29, 1.82) is 0 Å². The summed E-state index contributed by atoms with van der Waals surface area (Å²) in [4.78, 5) is 0. The van der Waals surface area contributed by atoms with Crippen LogP contribution in [0.25, 0.3) is 0 Å². The Labute approximate surface area is 120 Å². The predicted octanol–water partition coefficient (Wildman–Crippen LogP) is 3.21. The van der Waals surface area contributed by atoms with E-state index in [-0.39, 0.29) is 32.7 Å². The summed E-state index contributed by atoms with van der Waals surface area (Å²) < 4.78 is 0. The SMILES string of the molecule is NCc1ccccc1.[CH2-]CC(C)C[CH2-].[Y].